The highest BCUT2D eigenvalue weighted by atomic mass is 32.2. The molecule has 0 radical (unpaired) electrons. The molecule has 1 saturated heterocycles. The normalized spacial score (nSPS) is 21.9. The topological polar surface area (TPSA) is 74.7 Å². The molecule has 0 bridgehead atoms. The summed E-state index contributed by atoms with van der Waals surface area (Å²) in [6.45, 7) is 0.609. The van der Waals surface area contributed by atoms with Crippen molar-refractivity contribution in [1.29, 1.82) is 0 Å². The third-order valence-electron chi connectivity index (χ3n) is 8.12. The zero-order valence-electron chi connectivity index (χ0n) is 21.5. The Kier molecular flexibility index (Phi) is 8.24. The summed E-state index contributed by atoms with van der Waals surface area (Å²) in [6, 6.07) is 4.90. The van der Waals surface area contributed by atoms with Gasteiger partial charge >= 0.3 is 24.0 Å². The first-order valence-electron chi connectivity index (χ1n) is 12.9. The molecule has 0 unspecified atom stereocenters. The van der Waals surface area contributed by atoms with Crippen LogP contribution < -0.4 is 0 Å². The number of hydrogen-bond acceptors (Lipinski definition) is 4. The van der Waals surface area contributed by atoms with Gasteiger partial charge in [-0.25, -0.2) is 17.2 Å². The summed E-state index contributed by atoms with van der Waals surface area (Å²) in [5.74, 6) is -1.66. The van der Waals surface area contributed by atoms with Crippen LogP contribution in [0.3, 0.4) is 0 Å². The third kappa shape index (κ3) is 5.21. The van der Waals surface area contributed by atoms with Crippen molar-refractivity contribution in [3.63, 3.8) is 0 Å². The van der Waals surface area contributed by atoms with Crippen LogP contribution in [0.2, 0.25) is 0 Å². The minimum atomic E-state index is -6.32. The Hall–Kier alpha value is -2.74. The second-order valence-electron chi connectivity index (χ2n) is 10.4. The molecule has 0 spiro atoms. The highest BCUT2D eigenvalue weighted by Gasteiger charge is 2.73. The van der Waals surface area contributed by atoms with E-state index in [9.17, 15) is 48.3 Å². The Morgan fingerprint density at radius 2 is 1.59 bits per heavy atom. The summed E-state index contributed by atoms with van der Waals surface area (Å²) in [7, 11) is -4.40. The van der Waals surface area contributed by atoms with Crippen LogP contribution in [0, 0.1) is 5.82 Å². The van der Waals surface area contributed by atoms with Crippen LogP contribution in [-0.2, 0) is 31.5 Å². The van der Waals surface area contributed by atoms with Gasteiger partial charge in [0.2, 0.25) is 0 Å². The molecule has 41 heavy (non-hydrogen) atoms. The van der Waals surface area contributed by atoms with Gasteiger partial charge in [0.25, 0.3) is 0 Å². The summed E-state index contributed by atoms with van der Waals surface area (Å²) in [6.07, 6.45) is -11.3. The summed E-state index contributed by atoms with van der Waals surface area (Å²) < 4.78 is 136. The molecular formula is C27H27F8NO4S. The van der Waals surface area contributed by atoms with Gasteiger partial charge in [0.15, 0.2) is 9.84 Å². The second kappa shape index (κ2) is 10.8. The van der Waals surface area contributed by atoms with Crippen molar-refractivity contribution in [2.45, 2.75) is 78.7 Å². The maximum atomic E-state index is 14.9. The molecule has 226 valence electrons. The Morgan fingerprint density at radius 3 is 2.17 bits per heavy atom. The summed E-state index contributed by atoms with van der Waals surface area (Å²) in [5.41, 5.74) is -7.49. The van der Waals surface area contributed by atoms with Crippen LogP contribution in [0.4, 0.5) is 35.1 Å². The highest BCUT2D eigenvalue weighted by Crippen LogP contribution is 2.56. The number of unbranched alkanes of at least 4 members (excludes halogenated alkanes) is 2. The molecule has 1 aliphatic carbocycles. The van der Waals surface area contributed by atoms with Crippen molar-refractivity contribution in [3.05, 3.63) is 65.0 Å². The summed E-state index contributed by atoms with van der Waals surface area (Å²) >= 11 is 0. The molecule has 2 atom stereocenters. The van der Waals surface area contributed by atoms with Gasteiger partial charge in [-0.3, -0.25) is 9.69 Å². The van der Waals surface area contributed by atoms with E-state index >= 15 is 0 Å². The molecule has 1 N–H and O–H groups in total. The Bertz CT molecular complexity index is 1380. The van der Waals surface area contributed by atoms with Crippen LogP contribution in [-0.4, -0.2) is 55.9 Å². The lowest BCUT2D eigenvalue weighted by molar-refractivity contribution is -0.348. The van der Waals surface area contributed by atoms with Gasteiger partial charge in [-0.15, -0.1) is 0 Å². The summed E-state index contributed by atoms with van der Waals surface area (Å²) in [4.78, 5) is 12.4. The molecule has 1 fully saturated rings. The first-order chi connectivity index (χ1) is 19.0. The minimum Gasteiger partial charge on any atom is -0.481 e. The zero-order valence-corrected chi connectivity index (χ0v) is 22.4. The lowest BCUT2D eigenvalue weighted by Gasteiger charge is -2.43. The monoisotopic (exact) mass is 613 g/mol. The number of benzene rings is 2. The number of carboxylic acids is 1. The molecule has 2 aromatic carbocycles. The number of rotatable bonds is 9. The number of halogens is 8. The number of fused-ring (bicyclic) bond motifs is 3. The zero-order chi connectivity index (χ0) is 30.4. The fourth-order valence-corrected chi connectivity index (χ4v) is 8.57. The lowest BCUT2D eigenvalue weighted by atomic mass is 9.76. The van der Waals surface area contributed by atoms with Gasteiger partial charge < -0.3 is 5.11 Å². The van der Waals surface area contributed by atoms with Crippen molar-refractivity contribution in [3.8, 4) is 0 Å². The first-order valence-corrected chi connectivity index (χ1v) is 14.4. The van der Waals surface area contributed by atoms with E-state index in [1.807, 2.05) is 4.90 Å². The van der Waals surface area contributed by atoms with E-state index in [2.05, 4.69) is 0 Å². The molecular weight excluding hydrogens is 586 g/mol. The quantitative estimate of drug-likeness (QED) is 0.200. The van der Waals surface area contributed by atoms with E-state index in [0.29, 0.717) is 37.9 Å². The molecule has 0 amide bonds. The van der Waals surface area contributed by atoms with Crippen LogP contribution >= 0.6 is 0 Å². The molecule has 0 aromatic heterocycles. The molecule has 0 saturated carbocycles. The van der Waals surface area contributed by atoms with Gasteiger partial charge in [-0.1, -0.05) is 24.6 Å². The largest absolute Gasteiger partial charge is 0.481 e. The number of aliphatic carboxylic acids is 1. The molecule has 14 heteroatoms. The number of nitrogens with zero attached hydrogens (tertiary/aromatic N) is 1. The SMILES string of the molecule is O=C(O)CCCCCN1CC[C@@]2(S(=O)(=O)c3ccc(F)cc3)c3ccc(C(F)(C(F)(F)F)C(F)(F)F)cc3CC[C@@H]12. The Morgan fingerprint density at radius 1 is 0.951 bits per heavy atom. The smallest absolute Gasteiger partial charge is 0.435 e. The molecule has 2 aliphatic rings. The predicted molar refractivity (Wildman–Crippen MR) is 131 cm³/mol. The van der Waals surface area contributed by atoms with Crippen LogP contribution in [0.25, 0.3) is 0 Å². The van der Waals surface area contributed by atoms with Gasteiger partial charge in [-0.05, 0) is 74.0 Å². The summed E-state index contributed by atoms with van der Waals surface area (Å²) in [5, 5.41) is 8.83. The Labute approximate surface area is 231 Å². The van der Waals surface area contributed by atoms with Crippen molar-refractivity contribution in [1.82, 2.24) is 4.90 Å². The number of carboxylic acid groups (broad SMARTS) is 1. The Balaban J connectivity index is 1.80. The van der Waals surface area contributed by atoms with E-state index in [1.165, 1.54) is 0 Å². The fraction of sp³-hybridized carbons (Fsp3) is 0.519. The third-order valence-corrected chi connectivity index (χ3v) is 10.7. The van der Waals surface area contributed by atoms with E-state index in [-0.39, 0.29) is 48.3 Å². The number of carbonyl (C=O) groups is 1. The molecule has 2 aromatic rings. The first kappa shape index (κ1) is 31.2. The van der Waals surface area contributed by atoms with Gasteiger partial charge in [-0.2, -0.15) is 26.3 Å². The average Bonchev–Trinajstić information content (AvgIpc) is 3.27. The number of aryl methyl sites for hydroxylation is 1. The molecule has 1 heterocycles. The van der Waals surface area contributed by atoms with Crippen LogP contribution in [0.15, 0.2) is 47.4 Å². The van der Waals surface area contributed by atoms with E-state index in [0.717, 1.165) is 30.3 Å². The van der Waals surface area contributed by atoms with Gasteiger partial charge in [0, 0.05) is 24.6 Å². The molecule has 5 nitrogen and oxygen atoms in total. The van der Waals surface area contributed by atoms with E-state index < -0.39 is 56.0 Å². The number of sulfone groups is 1. The van der Waals surface area contributed by atoms with E-state index in [4.69, 9.17) is 5.11 Å². The van der Waals surface area contributed by atoms with Crippen molar-refractivity contribution in [2.75, 3.05) is 13.1 Å². The number of hydrogen-bond donors (Lipinski definition) is 1. The van der Waals surface area contributed by atoms with Gasteiger partial charge in [0.05, 0.1) is 4.90 Å². The van der Waals surface area contributed by atoms with Crippen molar-refractivity contribution < 1.29 is 53.4 Å². The van der Waals surface area contributed by atoms with Crippen molar-refractivity contribution >= 4 is 15.8 Å². The lowest BCUT2D eigenvalue weighted by Crippen LogP contribution is -2.52. The maximum absolute atomic E-state index is 14.9. The molecule has 1 aliphatic heterocycles. The van der Waals surface area contributed by atoms with Crippen LogP contribution in [0.1, 0.15) is 55.2 Å². The van der Waals surface area contributed by atoms with Crippen LogP contribution in [0.5, 0.6) is 0 Å². The fourth-order valence-electron chi connectivity index (χ4n) is 6.18. The highest BCUT2D eigenvalue weighted by molar-refractivity contribution is 7.92. The maximum Gasteiger partial charge on any atom is 0.435 e. The average molecular weight is 614 g/mol. The second-order valence-corrected chi connectivity index (χ2v) is 12.6. The predicted octanol–water partition coefficient (Wildman–Crippen LogP) is 6.45. The standard InChI is InChI=1S/C27H27F8NO4S/c28-19-7-9-20(10-8-19)41(39,40)24-13-15-36(14-3-1-2-4-23(37)38)22(24)12-5-17-16-18(6-11-21(17)24)25(29,26(30,31)32)27(33,34)35/h6-11,16,22H,1-5,12-15H2,(H,37,38)/t22-,24-/m1/s1. The minimum absolute atomic E-state index is 0.0121. The number of alkyl halides is 7. The molecule has 4 rings (SSSR count). The van der Waals surface area contributed by atoms with Crippen molar-refractivity contribution in [2.24, 2.45) is 0 Å². The van der Waals surface area contributed by atoms with E-state index in [1.54, 1.807) is 0 Å². The van der Waals surface area contributed by atoms with Gasteiger partial charge in [0.1, 0.15) is 10.6 Å². The number of likely N-dealkylation sites (tertiary alicyclic amines) is 1.